The van der Waals surface area contributed by atoms with E-state index in [9.17, 15) is 5.11 Å². The highest BCUT2D eigenvalue weighted by molar-refractivity contribution is 4.97. The van der Waals surface area contributed by atoms with Gasteiger partial charge in [-0.2, -0.15) is 0 Å². The Bertz CT molecular complexity index is 187. The molecule has 0 aromatic carbocycles. The summed E-state index contributed by atoms with van der Waals surface area (Å²) in [4.78, 5) is 0. The summed E-state index contributed by atoms with van der Waals surface area (Å²) in [5.41, 5.74) is -0.325. The second kappa shape index (κ2) is 4.19. The lowest BCUT2D eigenvalue weighted by molar-refractivity contribution is -0.0396. The fourth-order valence-corrected chi connectivity index (χ4v) is 3.48. The van der Waals surface area contributed by atoms with Crippen LogP contribution < -0.4 is 5.32 Å². The van der Waals surface area contributed by atoms with Gasteiger partial charge >= 0.3 is 0 Å². The number of hydrogen-bond acceptors (Lipinski definition) is 2. The van der Waals surface area contributed by atoms with E-state index >= 15 is 0 Å². The molecule has 2 rings (SSSR count). The minimum absolute atomic E-state index is 0.325. The quantitative estimate of drug-likeness (QED) is 0.710. The predicted octanol–water partition coefficient (Wildman–Crippen LogP) is 2.07. The molecule has 2 N–H and O–H groups in total. The van der Waals surface area contributed by atoms with Crippen LogP contribution in [0.1, 0.15) is 51.4 Å². The maximum atomic E-state index is 10.6. The van der Waals surface area contributed by atoms with Gasteiger partial charge < -0.3 is 10.4 Å². The Labute approximate surface area is 87.1 Å². The van der Waals surface area contributed by atoms with Crippen LogP contribution >= 0.6 is 0 Å². The topological polar surface area (TPSA) is 32.3 Å². The molecule has 2 heteroatoms. The zero-order valence-electron chi connectivity index (χ0n) is 9.26. The summed E-state index contributed by atoms with van der Waals surface area (Å²) in [6.45, 7) is 0. The van der Waals surface area contributed by atoms with Crippen molar-refractivity contribution in [1.82, 2.24) is 5.32 Å². The van der Waals surface area contributed by atoms with Crippen molar-refractivity contribution in [3.63, 3.8) is 0 Å². The molecule has 82 valence electrons. The highest BCUT2D eigenvalue weighted by atomic mass is 16.3. The van der Waals surface area contributed by atoms with E-state index < -0.39 is 0 Å². The van der Waals surface area contributed by atoms with E-state index in [0.29, 0.717) is 12.0 Å². The van der Waals surface area contributed by atoms with Crippen molar-refractivity contribution in [2.75, 3.05) is 7.05 Å². The summed E-state index contributed by atoms with van der Waals surface area (Å²) in [6, 6.07) is 0.562. The first-order chi connectivity index (χ1) is 6.76. The molecule has 0 spiro atoms. The monoisotopic (exact) mass is 197 g/mol. The van der Waals surface area contributed by atoms with Gasteiger partial charge in [0.25, 0.3) is 0 Å². The standard InChI is InChI=1S/C12H23NO/c1-13-11-7-3-2-6-10(11)12(14)8-4-5-9-12/h10-11,13-14H,2-9H2,1H3/t10-,11+/m1/s1. The van der Waals surface area contributed by atoms with E-state index in [0.717, 1.165) is 12.8 Å². The fourth-order valence-electron chi connectivity index (χ4n) is 3.48. The lowest BCUT2D eigenvalue weighted by Gasteiger charge is -2.41. The van der Waals surface area contributed by atoms with Crippen LogP contribution in [0, 0.1) is 5.92 Å². The number of hydrogen-bond donors (Lipinski definition) is 2. The first-order valence-electron chi connectivity index (χ1n) is 6.16. The third-order valence-electron chi connectivity index (χ3n) is 4.30. The third-order valence-corrected chi connectivity index (χ3v) is 4.30. The molecule has 2 aliphatic rings. The predicted molar refractivity (Wildman–Crippen MR) is 58.2 cm³/mol. The molecule has 2 saturated carbocycles. The van der Waals surface area contributed by atoms with Crippen LogP contribution in [-0.2, 0) is 0 Å². The van der Waals surface area contributed by atoms with E-state index in [1.54, 1.807) is 0 Å². The van der Waals surface area contributed by atoms with Crippen molar-refractivity contribution in [3.8, 4) is 0 Å². The molecular formula is C12H23NO. The fraction of sp³-hybridized carbons (Fsp3) is 1.00. The molecule has 0 aromatic heterocycles. The third kappa shape index (κ3) is 1.82. The average Bonchev–Trinajstić information content (AvgIpc) is 2.66. The zero-order valence-corrected chi connectivity index (χ0v) is 9.26. The largest absolute Gasteiger partial charge is 0.390 e. The molecule has 0 bridgehead atoms. The van der Waals surface area contributed by atoms with Gasteiger partial charge in [-0.25, -0.2) is 0 Å². The minimum atomic E-state index is -0.325. The van der Waals surface area contributed by atoms with Crippen molar-refractivity contribution in [2.45, 2.75) is 63.0 Å². The van der Waals surface area contributed by atoms with E-state index in [1.807, 2.05) is 7.05 Å². The molecule has 0 unspecified atom stereocenters. The van der Waals surface area contributed by atoms with Crippen molar-refractivity contribution in [2.24, 2.45) is 5.92 Å². The molecule has 0 aromatic rings. The van der Waals surface area contributed by atoms with Crippen LogP contribution in [-0.4, -0.2) is 23.8 Å². The van der Waals surface area contributed by atoms with Crippen molar-refractivity contribution in [3.05, 3.63) is 0 Å². The molecule has 0 saturated heterocycles. The number of aliphatic hydroxyl groups is 1. The smallest absolute Gasteiger partial charge is 0.0690 e. The van der Waals surface area contributed by atoms with Gasteiger partial charge in [0, 0.05) is 12.0 Å². The summed E-state index contributed by atoms with van der Waals surface area (Å²) in [7, 11) is 2.04. The van der Waals surface area contributed by atoms with Gasteiger partial charge in [0.05, 0.1) is 5.60 Å². The van der Waals surface area contributed by atoms with Crippen molar-refractivity contribution < 1.29 is 5.11 Å². The SMILES string of the molecule is CN[C@H]1CCCC[C@H]1C1(O)CCCC1. The van der Waals surface area contributed by atoms with Crippen LogP contribution in [0.25, 0.3) is 0 Å². The van der Waals surface area contributed by atoms with E-state index in [2.05, 4.69) is 5.32 Å². The molecule has 2 aliphatic carbocycles. The summed E-state index contributed by atoms with van der Waals surface area (Å²) >= 11 is 0. The Morgan fingerprint density at radius 3 is 2.36 bits per heavy atom. The average molecular weight is 197 g/mol. The molecule has 2 nitrogen and oxygen atoms in total. The minimum Gasteiger partial charge on any atom is -0.390 e. The van der Waals surface area contributed by atoms with Crippen LogP contribution in [0.5, 0.6) is 0 Å². The normalized spacial score (nSPS) is 37.3. The van der Waals surface area contributed by atoms with Crippen LogP contribution in [0.2, 0.25) is 0 Å². The zero-order chi connectivity index (χ0) is 10.0. The van der Waals surface area contributed by atoms with Gasteiger partial charge in [0.1, 0.15) is 0 Å². The van der Waals surface area contributed by atoms with Crippen molar-refractivity contribution >= 4 is 0 Å². The summed E-state index contributed by atoms with van der Waals surface area (Å²) in [5.74, 6) is 0.517. The van der Waals surface area contributed by atoms with Crippen molar-refractivity contribution in [1.29, 1.82) is 0 Å². The van der Waals surface area contributed by atoms with Crippen LogP contribution in [0.4, 0.5) is 0 Å². The molecule has 0 aliphatic heterocycles. The van der Waals surface area contributed by atoms with Crippen LogP contribution in [0.15, 0.2) is 0 Å². The first-order valence-corrected chi connectivity index (χ1v) is 6.16. The van der Waals surface area contributed by atoms with Crippen LogP contribution in [0.3, 0.4) is 0 Å². The maximum Gasteiger partial charge on any atom is 0.0690 e. The Morgan fingerprint density at radius 2 is 1.71 bits per heavy atom. The Kier molecular flexibility index (Phi) is 3.13. The maximum absolute atomic E-state index is 10.6. The molecule has 0 radical (unpaired) electrons. The second-order valence-corrected chi connectivity index (χ2v) is 5.10. The lowest BCUT2D eigenvalue weighted by Crippen LogP contribution is -2.48. The highest BCUT2D eigenvalue weighted by Gasteiger charge is 2.43. The Morgan fingerprint density at radius 1 is 1.07 bits per heavy atom. The molecule has 2 atom stereocenters. The van der Waals surface area contributed by atoms with Gasteiger partial charge in [0.15, 0.2) is 0 Å². The summed E-state index contributed by atoms with van der Waals surface area (Å²) < 4.78 is 0. The van der Waals surface area contributed by atoms with Gasteiger partial charge in [-0.15, -0.1) is 0 Å². The Hall–Kier alpha value is -0.0800. The van der Waals surface area contributed by atoms with Gasteiger partial charge in [-0.3, -0.25) is 0 Å². The summed E-state index contributed by atoms with van der Waals surface area (Å²) in [5, 5.41) is 14.0. The Balaban J connectivity index is 2.05. The lowest BCUT2D eigenvalue weighted by atomic mass is 9.73. The van der Waals surface area contributed by atoms with E-state index in [4.69, 9.17) is 0 Å². The van der Waals surface area contributed by atoms with E-state index in [1.165, 1.54) is 38.5 Å². The highest BCUT2D eigenvalue weighted by Crippen LogP contribution is 2.42. The molecule has 2 fully saturated rings. The first kappa shape index (κ1) is 10.4. The molecular weight excluding hydrogens is 174 g/mol. The summed E-state index contributed by atoms with van der Waals surface area (Å²) in [6.07, 6.45) is 9.65. The van der Waals surface area contributed by atoms with Gasteiger partial charge in [-0.1, -0.05) is 25.7 Å². The molecule has 0 amide bonds. The number of nitrogens with one attached hydrogen (secondary N) is 1. The molecule has 0 heterocycles. The van der Waals surface area contributed by atoms with Gasteiger partial charge in [-0.05, 0) is 32.7 Å². The van der Waals surface area contributed by atoms with E-state index in [-0.39, 0.29) is 5.60 Å². The number of rotatable bonds is 2. The molecule has 14 heavy (non-hydrogen) atoms. The second-order valence-electron chi connectivity index (χ2n) is 5.10. The van der Waals surface area contributed by atoms with Gasteiger partial charge in [0.2, 0.25) is 0 Å².